The largest absolute Gasteiger partial charge is 0.212 e. The summed E-state index contributed by atoms with van der Waals surface area (Å²) >= 11 is 0. The van der Waals surface area contributed by atoms with Crippen LogP contribution in [0, 0.1) is 20.7 Å². The summed E-state index contributed by atoms with van der Waals surface area (Å²) in [7, 11) is 1.93. The number of aryl methyl sites for hydroxylation is 4. The SMILES string of the molecule is [2H]C([2H])([2H])c1ccc(-c2c(C)ccc3c2Cc2cc(C)ccc2-3)[n+](C)c1. The smallest absolute Gasteiger partial charge is 0.201 e. The lowest BCUT2D eigenvalue weighted by Crippen LogP contribution is -2.31. The Morgan fingerprint density at radius 1 is 0.957 bits per heavy atom. The van der Waals surface area contributed by atoms with E-state index in [-0.39, 0.29) is 0 Å². The van der Waals surface area contributed by atoms with Gasteiger partial charge in [-0.1, -0.05) is 35.9 Å². The normalized spacial score (nSPS) is 14.7. The van der Waals surface area contributed by atoms with E-state index in [2.05, 4.69) is 44.2 Å². The maximum absolute atomic E-state index is 7.64. The molecule has 0 N–H and O–H groups in total. The van der Waals surface area contributed by atoms with Gasteiger partial charge in [0.05, 0.1) is 5.56 Å². The minimum absolute atomic E-state index is 0.368. The zero-order chi connectivity index (χ0) is 18.6. The molecule has 1 aromatic heterocycles. The first kappa shape index (κ1) is 11.2. The first-order valence-electron chi connectivity index (χ1n) is 9.48. The summed E-state index contributed by atoms with van der Waals surface area (Å²) in [6, 6.07) is 14.7. The number of pyridine rings is 1. The van der Waals surface area contributed by atoms with Crippen LogP contribution in [0.4, 0.5) is 0 Å². The fourth-order valence-electron chi connectivity index (χ4n) is 3.75. The highest BCUT2D eigenvalue weighted by Crippen LogP contribution is 2.42. The molecule has 0 bridgehead atoms. The topological polar surface area (TPSA) is 3.88 Å². The summed E-state index contributed by atoms with van der Waals surface area (Å²) in [5, 5.41) is 0. The number of fused-ring (bicyclic) bond motifs is 3. The van der Waals surface area contributed by atoms with Crippen LogP contribution in [0.1, 0.15) is 31.9 Å². The third-order valence-electron chi connectivity index (χ3n) is 4.83. The average molecular weight is 303 g/mol. The van der Waals surface area contributed by atoms with Crippen molar-refractivity contribution in [1.82, 2.24) is 0 Å². The van der Waals surface area contributed by atoms with Crippen LogP contribution in [-0.4, -0.2) is 0 Å². The van der Waals surface area contributed by atoms with Crippen LogP contribution in [0.15, 0.2) is 48.7 Å². The lowest BCUT2D eigenvalue weighted by Gasteiger charge is -2.11. The van der Waals surface area contributed by atoms with Crippen molar-refractivity contribution >= 4 is 0 Å². The monoisotopic (exact) mass is 303 g/mol. The highest BCUT2D eigenvalue weighted by Gasteiger charge is 2.26. The van der Waals surface area contributed by atoms with E-state index in [0.29, 0.717) is 5.56 Å². The second-order valence-electron chi connectivity index (χ2n) is 6.53. The van der Waals surface area contributed by atoms with Crippen molar-refractivity contribution in [3.05, 3.63) is 76.5 Å². The molecule has 4 rings (SSSR count). The Bertz CT molecular complexity index is 1030. The zero-order valence-corrected chi connectivity index (χ0v) is 13.8. The average Bonchev–Trinajstić information content (AvgIpc) is 2.91. The second-order valence-corrected chi connectivity index (χ2v) is 6.53. The van der Waals surface area contributed by atoms with E-state index in [1.165, 1.54) is 38.9 Å². The minimum atomic E-state index is -2.09. The maximum atomic E-state index is 7.64. The fraction of sp³-hybridized carbons (Fsp3) is 0.227. The van der Waals surface area contributed by atoms with E-state index in [9.17, 15) is 0 Å². The van der Waals surface area contributed by atoms with Gasteiger partial charge in [0.25, 0.3) is 0 Å². The molecule has 0 spiro atoms. The Labute approximate surface area is 142 Å². The van der Waals surface area contributed by atoms with Crippen LogP contribution in [0.2, 0.25) is 0 Å². The summed E-state index contributed by atoms with van der Waals surface area (Å²) in [5.74, 6) is 0. The number of hydrogen-bond acceptors (Lipinski definition) is 0. The van der Waals surface area contributed by atoms with Crippen molar-refractivity contribution in [2.24, 2.45) is 7.05 Å². The summed E-state index contributed by atoms with van der Waals surface area (Å²) in [6.07, 6.45) is 2.65. The van der Waals surface area contributed by atoms with Gasteiger partial charge in [-0.3, -0.25) is 0 Å². The Morgan fingerprint density at radius 2 is 1.74 bits per heavy atom. The third-order valence-corrected chi connectivity index (χ3v) is 4.83. The van der Waals surface area contributed by atoms with E-state index < -0.39 is 6.85 Å². The van der Waals surface area contributed by atoms with Crippen LogP contribution in [0.25, 0.3) is 22.4 Å². The zero-order valence-electron chi connectivity index (χ0n) is 16.8. The van der Waals surface area contributed by atoms with Gasteiger partial charge >= 0.3 is 0 Å². The molecule has 23 heavy (non-hydrogen) atoms. The summed E-state index contributed by atoms with van der Waals surface area (Å²) in [6.45, 7) is 2.17. The number of aromatic nitrogens is 1. The van der Waals surface area contributed by atoms with Gasteiger partial charge in [-0.2, -0.15) is 0 Å². The Kier molecular flexibility index (Phi) is 2.46. The third kappa shape index (κ3) is 2.19. The lowest BCUT2D eigenvalue weighted by atomic mass is 9.94. The Balaban J connectivity index is 1.90. The van der Waals surface area contributed by atoms with Crippen molar-refractivity contribution in [2.45, 2.75) is 27.1 Å². The van der Waals surface area contributed by atoms with E-state index in [1.54, 1.807) is 12.3 Å². The van der Waals surface area contributed by atoms with E-state index in [1.807, 2.05) is 17.7 Å². The van der Waals surface area contributed by atoms with Gasteiger partial charge < -0.3 is 0 Å². The highest BCUT2D eigenvalue weighted by atomic mass is 14.9. The van der Waals surface area contributed by atoms with Gasteiger partial charge in [0.15, 0.2) is 6.20 Å². The Morgan fingerprint density at radius 3 is 2.52 bits per heavy atom. The lowest BCUT2D eigenvalue weighted by molar-refractivity contribution is -0.660. The van der Waals surface area contributed by atoms with Crippen molar-refractivity contribution < 1.29 is 8.68 Å². The molecule has 0 atom stereocenters. The molecule has 1 aliphatic rings. The predicted molar refractivity (Wildman–Crippen MR) is 95.5 cm³/mol. The van der Waals surface area contributed by atoms with Crippen LogP contribution in [0.3, 0.4) is 0 Å². The molecule has 114 valence electrons. The van der Waals surface area contributed by atoms with E-state index >= 15 is 0 Å². The molecule has 0 unspecified atom stereocenters. The quantitative estimate of drug-likeness (QED) is 0.450. The molecule has 0 fully saturated rings. The van der Waals surface area contributed by atoms with Gasteiger partial charge in [-0.05, 0) is 61.0 Å². The number of benzene rings is 2. The van der Waals surface area contributed by atoms with Gasteiger partial charge in [0, 0.05) is 15.7 Å². The molecule has 0 aliphatic heterocycles. The molecular formula is C22H22N+. The molecular weight excluding hydrogens is 278 g/mol. The summed E-state index contributed by atoms with van der Waals surface area (Å²) < 4.78 is 24.9. The minimum Gasteiger partial charge on any atom is -0.201 e. The van der Waals surface area contributed by atoms with Crippen molar-refractivity contribution in [1.29, 1.82) is 0 Å². The van der Waals surface area contributed by atoms with Crippen LogP contribution in [-0.2, 0) is 13.5 Å². The van der Waals surface area contributed by atoms with Crippen LogP contribution >= 0.6 is 0 Å². The molecule has 1 heteroatoms. The van der Waals surface area contributed by atoms with Gasteiger partial charge in [-0.15, -0.1) is 0 Å². The van der Waals surface area contributed by atoms with Gasteiger partial charge in [0.2, 0.25) is 5.69 Å². The van der Waals surface area contributed by atoms with E-state index in [0.717, 1.165) is 12.1 Å². The standard InChI is InChI=1S/C22H22N/c1-14-5-8-18-17(11-14)12-20-19(18)9-7-16(3)22(20)21-10-6-15(2)13-23(21)4/h5-11,13H,12H2,1-4H3/q+1/i2D3. The molecule has 3 aromatic rings. The van der Waals surface area contributed by atoms with Crippen molar-refractivity contribution in [3.63, 3.8) is 0 Å². The number of hydrogen-bond donors (Lipinski definition) is 0. The first-order chi connectivity index (χ1) is 12.3. The van der Waals surface area contributed by atoms with Gasteiger partial charge in [-0.25, -0.2) is 4.57 Å². The van der Waals surface area contributed by atoms with Crippen molar-refractivity contribution in [2.75, 3.05) is 0 Å². The second kappa shape index (κ2) is 5.06. The molecule has 0 saturated carbocycles. The molecule has 0 amide bonds. The summed E-state index contributed by atoms with van der Waals surface area (Å²) in [4.78, 5) is 0. The first-order valence-corrected chi connectivity index (χ1v) is 7.98. The van der Waals surface area contributed by atoms with Gasteiger partial charge in [0.1, 0.15) is 7.05 Å². The molecule has 2 aromatic carbocycles. The molecule has 1 nitrogen and oxygen atoms in total. The molecule has 1 heterocycles. The van der Waals surface area contributed by atoms with Crippen LogP contribution in [0.5, 0.6) is 0 Å². The molecule has 0 radical (unpaired) electrons. The number of nitrogens with zero attached hydrogens (tertiary/aromatic N) is 1. The predicted octanol–water partition coefficient (Wildman–Crippen LogP) is 4.67. The van der Waals surface area contributed by atoms with Crippen LogP contribution < -0.4 is 4.57 Å². The van der Waals surface area contributed by atoms with E-state index in [4.69, 9.17) is 4.11 Å². The maximum Gasteiger partial charge on any atom is 0.212 e. The highest BCUT2D eigenvalue weighted by molar-refractivity contribution is 5.85. The summed E-state index contributed by atoms with van der Waals surface area (Å²) in [5.41, 5.74) is 10.4. The molecule has 1 aliphatic carbocycles. The van der Waals surface area contributed by atoms with Crippen molar-refractivity contribution in [3.8, 4) is 22.4 Å². The molecule has 0 saturated heterocycles. The fourth-order valence-corrected chi connectivity index (χ4v) is 3.75. The number of rotatable bonds is 1. The Hall–Kier alpha value is -2.41.